The Hall–Kier alpha value is -1.61. The van der Waals surface area contributed by atoms with Gasteiger partial charge in [0, 0.05) is 11.2 Å². The Kier molecular flexibility index (Phi) is 3.26. The minimum absolute atomic E-state index is 0.00526. The van der Waals surface area contributed by atoms with Gasteiger partial charge in [-0.3, -0.25) is 0 Å². The summed E-state index contributed by atoms with van der Waals surface area (Å²) in [6.07, 6.45) is -3.11. The SMILES string of the molecule is C[S+]([O-])c1nnnn1-c1cccc(C(F)(F)F)c1. The topological polar surface area (TPSA) is 66.7 Å². The highest BCUT2D eigenvalue weighted by Gasteiger charge is 2.31. The maximum absolute atomic E-state index is 12.5. The van der Waals surface area contributed by atoms with Gasteiger partial charge >= 0.3 is 11.3 Å². The molecule has 1 atom stereocenters. The summed E-state index contributed by atoms with van der Waals surface area (Å²) >= 11 is -1.49. The number of benzene rings is 1. The lowest BCUT2D eigenvalue weighted by atomic mass is 10.2. The van der Waals surface area contributed by atoms with E-state index in [-0.39, 0.29) is 10.8 Å². The summed E-state index contributed by atoms with van der Waals surface area (Å²) in [6, 6.07) is 4.48. The van der Waals surface area contributed by atoms with Crippen LogP contribution >= 0.6 is 0 Å². The molecule has 0 bridgehead atoms. The number of halogens is 3. The average molecular weight is 276 g/mol. The lowest BCUT2D eigenvalue weighted by Crippen LogP contribution is -2.11. The van der Waals surface area contributed by atoms with Gasteiger partial charge in [-0.2, -0.15) is 17.9 Å². The van der Waals surface area contributed by atoms with Crippen molar-refractivity contribution in [2.24, 2.45) is 0 Å². The van der Waals surface area contributed by atoms with Crippen LogP contribution in [0.25, 0.3) is 5.69 Å². The summed E-state index contributed by atoms with van der Waals surface area (Å²) in [6.45, 7) is 0. The third-order valence-corrected chi connectivity index (χ3v) is 2.88. The molecule has 0 fully saturated rings. The second-order valence-electron chi connectivity index (χ2n) is 3.38. The fraction of sp³-hybridized carbons (Fsp3) is 0.222. The van der Waals surface area contributed by atoms with Crippen molar-refractivity contribution in [3.05, 3.63) is 29.8 Å². The molecule has 9 heteroatoms. The van der Waals surface area contributed by atoms with Crippen LogP contribution in [0.5, 0.6) is 0 Å². The molecule has 0 spiro atoms. The zero-order chi connectivity index (χ0) is 13.3. The van der Waals surface area contributed by atoms with Crippen LogP contribution in [0.4, 0.5) is 13.2 Å². The van der Waals surface area contributed by atoms with Gasteiger partial charge in [-0.15, -0.1) is 0 Å². The molecular weight excluding hydrogens is 269 g/mol. The molecule has 96 valence electrons. The van der Waals surface area contributed by atoms with Crippen molar-refractivity contribution in [1.29, 1.82) is 0 Å². The highest BCUT2D eigenvalue weighted by atomic mass is 32.2. The molecule has 1 unspecified atom stereocenters. The highest BCUT2D eigenvalue weighted by molar-refractivity contribution is 7.90. The van der Waals surface area contributed by atoms with Gasteiger partial charge < -0.3 is 4.55 Å². The summed E-state index contributed by atoms with van der Waals surface area (Å²) in [4.78, 5) is 0. The van der Waals surface area contributed by atoms with E-state index in [1.54, 1.807) is 0 Å². The minimum atomic E-state index is -4.45. The smallest absolute Gasteiger partial charge is 0.416 e. The number of tetrazole rings is 1. The van der Waals surface area contributed by atoms with Crippen molar-refractivity contribution < 1.29 is 17.7 Å². The molecule has 2 rings (SSSR count). The van der Waals surface area contributed by atoms with E-state index in [1.807, 2.05) is 0 Å². The Morgan fingerprint density at radius 2 is 2.06 bits per heavy atom. The lowest BCUT2D eigenvalue weighted by molar-refractivity contribution is -0.137. The van der Waals surface area contributed by atoms with Crippen LogP contribution in [0.15, 0.2) is 29.4 Å². The summed E-state index contributed by atoms with van der Waals surface area (Å²) in [5.74, 6) is 0. The van der Waals surface area contributed by atoms with Gasteiger partial charge in [-0.25, -0.2) is 0 Å². The summed E-state index contributed by atoms with van der Waals surface area (Å²) < 4.78 is 50.0. The summed E-state index contributed by atoms with van der Waals surface area (Å²) in [7, 11) is 0. The fourth-order valence-electron chi connectivity index (χ4n) is 1.33. The van der Waals surface area contributed by atoms with E-state index in [1.165, 1.54) is 18.4 Å². The standard InChI is InChI=1S/C9H7F3N4OS/c1-18(17)8-13-14-15-16(8)7-4-2-3-6(5-7)9(10,11)12/h2-5H,1H3. The van der Waals surface area contributed by atoms with E-state index >= 15 is 0 Å². The number of hydrogen-bond donors (Lipinski definition) is 0. The average Bonchev–Trinajstić information content (AvgIpc) is 2.77. The van der Waals surface area contributed by atoms with Crippen LogP contribution in [0.2, 0.25) is 0 Å². The zero-order valence-corrected chi connectivity index (χ0v) is 9.87. The van der Waals surface area contributed by atoms with Crippen LogP contribution in [-0.4, -0.2) is 31.0 Å². The van der Waals surface area contributed by atoms with Crippen LogP contribution in [0.3, 0.4) is 0 Å². The molecule has 0 aliphatic carbocycles. The Balaban J connectivity index is 2.48. The largest absolute Gasteiger partial charge is 0.609 e. The summed E-state index contributed by atoms with van der Waals surface area (Å²) in [5.41, 5.74) is -0.705. The molecule has 5 nitrogen and oxygen atoms in total. The first-order valence-corrected chi connectivity index (χ1v) is 6.25. The molecule has 2 aromatic rings. The van der Waals surface area contributed by atoms with E-state index in [0.717, 1.165) is 16.8 Å². The zero-order valence-electron chi connectivity index (χ0n) is 9.05. The first kappa shape index (κ1) is 12.8. The molecule has 1 heterocycles. The molecule has 0 saturated carbocycles. The van der Waals surface area contributed by atoms with E-state index in [4.69, 9.17) is 0 Å². The third-order valence-electron chi connectivity index (χ3n) is 2.12. The normalized spacial score (nSPS) is 13.6. The Morgan fingerprint density at radius 3 is 2.67 bits per heavy atom. The van der Waals surface area contributed by atoms with Gasteiger partial charge in [0.05, 0.1) is 11.3 Å². The Morgan fingerprint density at radius 1 is 1.33 bits per heavy atom. The monoisotopic (exact) mass is 276 g/mol. The van der Waals surface area contributed by atoms with E-state index < -0.39 is 22.9 Å². The van der Waals surface area contributed by atoms with Crippen LogP contribution < -0.4 is 0 Å². The van der Waals surface area contributed by atoms with E-state index in [9.17, 15) is 17.7 Å². The number of aromatic nitrogens is 4. The second kappa shape index (κ2) is 4.58. The molecule has 0 radical (unpaired) electrons. The van der Waals surface area contributed by atoms with Gasteiger partial charge in [-0.1, -0.05) is 11.2 Å². The summed E-state index contributed by atoms with van der Waals surface area (Å²) in [5, 5.41) is 10.3. The number of nitrogens with zero attached hydrogens (tertiary/aromatic N) is 4. The second-order valence-corrected chi connectivity index (χ2v) is 4.65. The number of alkyl halides is 3. The maximum atomic E-state index is 12.5. The van der Waals surface area contributed by atoms with Gasteiger partial charge in [0.2, 0.25) is 0 Å². The van der Waals surface area contributed by atoms with Crippen molar-refractivity contribution in [2.45, 2.75) is 11.3 Å². The molecule has 0 saturated heterocycles. The molecule has 0 amide bonds. The van der Waals surface area contributed by atoms with Crippen LogP contribution in [0, 0.1) is 0 Å². The van der Waals surface area contributed by atoms with Crippen molar-refractivity contribution in [3.63, 3.8) is 0 Å². The van der Waals surface area contributed by atoms with Crippen molar-refractivity contribution in [2.75, 3.05) is 6.26 Å². The molecule has 0 N–H and O–H groups in total. The minimum Gasteiger partial charge on any atom is -0.609 e. The van der Waals surface area contributed by atoms with Gasteiger partial charge in [-0.05, 0) is 28.6 Å². The van der Waals surface area contributed by atoms with Crippen molar-refractivity contribution in [3.8, 4) is 5.69 Å². The van der Waals surface area contributed by atoms with E-state index in [2.05, 4.69) is 15.5 Å². The predicted molar refractivity (Wildman–Crippen MR) is 56.5 cm³/mol. The first-order chi connectivity index (χ1) is 8.39. The quantitative estimate of drug-likeness (QED) is 0.778. The molecule has 1 aromatic heterocycles. The fourth-order valence-corrected chi connectivity index (χ4v) is 1.87. The number of hydrogen-bond acceptors (Lipinski definition) is 4. The predicted octanol–water partition coefficient (Wildman–Crippen LogP) is 1.42. The molecule has 0 aliphatic heterocycles. The first-order valence-electron chi connectivity index (χ1n) is 4.69. The van der Waals surface area contributed by atoms with Gasteiger partial charge in [0.15, 0.2) is 0 Å². The molecule has 0 aliphatic rings. The number of rotatable bonds is 2. The van der Waals surface area contributed by atoms with Crippen molar-refractivity contribution in [1.82, 2.24) is 20.2 Å². The molecule has 18 heavy (non-hydrogen) atoms. The van der Waals surface area contributed by atoms with Crippen LogP contribution in [-0.2, 0) is 17.4 Å². The Labute approximate surface area is 103 Å². The van der Waals surface area contributed by atoms with E-state index in [0.29, 0.717) is 0 Å². The third kappa shape index (κ3) is 2.46. The Bertz CT molecular complexity index is 555. The van der Waals surface area contributed by atoms with Crippen molar-refractivity contribution >= 4 is 11.2 Å². The molecule has 1 aromatic carbocycles. The highest BCUT2D eigenvalue weighted by Crippen LogP contribution is 2.30. The molecular formula is C9H7F3N4OS. The van der Waals surface area contributed by atoms with Gasteiger partial charge in [0.1, 0.15) is 6.26 Å². The van der Waals surface area contributed by atoms with Gasteiger partial charge in [0.25, 0.3) is 0 Å². The maximum Gasteiger partial charge on any atom is 0.416 e. The lowest BCUT2D eigenvalue weighted by Gasteiger charge is -2.09. The van der Waals surface area contributed by atoms with Crippen LogP contribution in [0.1, 0.15) is 5.56 Å².